The number of aryl methyl sites for hydroxylation is 1. The molecule has 0 spiro atoms. The van der Waals surface area contributed by atoms with E-state index in [0.717, 1.165) is 10.8 Å². The number of methoxy groups -OCH3 is 1. The second-order valence-electron chi connectivity index (χ2n) is 6.16. The number of carbonyl (C=O) groups is 2. The fourth-order valence-electron chi connectivity index (χ4n) is 2.98. The maximum atomic E-state index is 13.0. The molecule has 0 radical (unpaired) electrons. The molecule has 0 saturated heterocycles. The maximum Gasteiger partial charge on any atom is 0.339 e. The SMILES string of the molecule is COC(=O)c1c(C)[nH]c(C(=O)[C@@H](C)Sc2nccn2-c2ccccc2)c1C. The Morgan fingerprint density at radius 2 is 1.93 bits per heavy atom. The quantitative estimate of drug-likeness (QED) is 0.396. The third-order valence-electron chi connectivity index (χ3n) is 4.37. The van der Waals surface area contributed by atoms with Gasteiger partial charge < -0.3 is 9.72 Å². The Morgan fingerprint density at radius 1 is 1.22 bits per heavy atom. The first-order valence-corrected chi connectivity index (χ1v) is 9.39. The van der Waals surface area contributed by atoms with Crippen LogP contribution >= 0.6 is 11.8 Å². The number of Topliss-reactive ketones (excluding diaryl/α,β-unsaturated/α-hetero) is 1. The number of benzene rings is 1. The summed E-state index contributed by atoms with van der Waals surface area (Å²) < 4.78 is 6.76. The van der Waals surface area contributed by atoms with E-state index < -0.39 is 5.97 Å². The number of ether oxygens (including phenoxy) is 1. The summed E-state index contributed by atoms with van der Waals surface area (Å²) in [6, 6.07) is 9.84. The first kappa shape index (κ1) is 19.0. The van der Waals surface area contributed by atoms with E-state index in [1.54, 1.807) is 20.0 Å². The molecule has 0 aliphatic heterocycles. The number of ketones is 1. The van der Waals surface area contributed by atoms with Crippen LogP contribution in [0.1, 0.15) is 39.0 Å². The van der Waals surface area contributed by atoms with Crippen LogP contribution in [0.5, 0.6) is 0 Å². The number of hydrogen-bond acceptors (Lipinski definition) is 5. The predicted molar refractivity (Wildman–Crippen MR) is 105 cm³/mol. The van der Waals surface area contributed by atoms with E-state index in [9.17, 15) is 9.59 Å². The highest BCUT2D eigenvalue weighted by molar-refractivity contribution is 8.00. The largest absolute Gasteiger partial charge is 0.465 e. The number of H-pyrrole nitrogens is 1. The number of nitrogens with zero attached hydrogens (tertiary/aromatic N) is 2. The minimum absolute atomic E-state index is 0.0848. The van der Waals surface area contributed by atoms with Gasteiger partial charge in [-0.3, -0.25) is 9.36 Å². The van der Waals surface area contributed by atoms with E-state index in [2.05, 4.69) is 9.97 Å². The van der Waals surface area contributed by atoms with E-state index in [-0.39, 0.29) is 11.0 Å². The first-order chi connectivity index (χ1) is 12.9. The van der Waals surface area contributed by atoms with Crippen LogP contribution in [0.4, 0.5) is 0 Å². The molecule has 1 N–H and O–H groups in total. The Kier molecular flexibility index (Phi) is 5.51. The maximum absolute atomic E-state index is 13.0. The van der Waals surface area contributed by atoms with Gasteiger partial charge in [-0.15, -0.1) is 0 Å². The molecule has 1 atom stereocenters. The van der Waals surface area contributed by atoms with E-state index in [0.29, 0.717) is 22.5 Å². The van der Waals surface area contributed by atoms with Gasteiger partial charge in [-0.2, -0.15) is 0 Å². The van der Waals surface area contributed by atoms with Crippen molar-refractivity contribution in [3.63, 3.8) is 0 Å². The molecule has 0 unspecified atom stereocenters. The topological polar surface area (TPSA) is 77.0 Å². The summed E-state index contributed by atoms with van der Waals surface area (Å²) >= 11 is 1.38. The zero-order valence-corrected chi connectivity index (χ0v) is 16.5. The Hall–Kier alpha value is -2.80. The Labute approximate surface area is 162 Å². The number of imidazole rings is 1. The summed E-state index contributed by atoms with van der Waals surface area (Å²) in [5.41, 5.74) is 3.08. The van der Waals surface area contributed by atoms with Crippen molar-refractivity contribution in [1.82, 2.24) is 14.5 Å². The minimum Gasteiger partial charge on any atom is -0.465 e. The lowest BCUT2D eigenvalue weighted by Gasteiger charge is -2.12. The number of thioether (sulfide) groups is 1. The Balaban J connectivity index is 1.84. The van der Waals surface area contributed by atoms with Crippen molar-refractivity contribution in [2.24, 2.45) is 0 Å². The average molecular weight is 383 g/mol. The summed E-state index contributed by atoms with van der Waals surface area (Å²) in [5, 5.41) is 0.355. The lowest BCUT2D eigenvalue weighted by molar-refractivity contribution is 0.0599. The molecular formula is C20H21N3O3S. The molecule has 3 rings (SSSR count). The van der Waals surface area contributed by atoms with Crippen molar-refractivity contribution in [3.05, 3.63) is 65.2 Å². The number of hydrogen-bond donors (Lipinski definition) is 1. The van der Waals surface area contributed by atoms with Crippen molar-refractivity contribution in [3.8, 4) is 5.69 Å². The molecular weight excluding hydrogens is 362 g/mol. The van der Waals surface area contributed by atoms with Gasteiger partial charge in [-0.25, -0.2) is 9.78 Å². The first-order valence-electron chi connectivity index (χ1n) is 8.51. The molecule has 0 saturated carbocycles. The molecule has 2 aromatic heterocycles. The lowest BCUT2D eigenvalue weighted by atomic mass is 10.1. The zero-order valence-electron chi connectivity index (χ0n) is 15.6. The molecule has 0 aliphatic carbocycles. The normalized spacial score (nSPS) is 12.0. The molecule has 0 aliphatic rings. The van der Waals surface area contributed by atoms with Crippen LogP contribution in [0, 0.1) is 13.8 Å². The third kappa shape index (κ3) is 3.68. The second kappa shape index (κ2) is 7.84. The van der Waals surface area contributed by atoms with Crippen molar-refractivity contribution < 1.29 is 14.3 Å². The second-order valence-corrected chi connectivity index (χ2v) is 7.46. The Bertz CT molecular complexity index is 976. The molecule has 0 fully saturated rings. The molecule has 27 heavy (non-hydrogen) atoms. The van der Waals surface area contributed by atoms with E-state index in [1.165, 1.54) is 18.9 Å². The van der Waals surface area contributed by atoms with Crippen molar-refractivity contribution in [2.45, 2.75) is 31.2 Å². The van der Waals surface area contributed by atoms with E-state index in [1.807, 2.05) is 48.0 Å². The molecule has 140 valence electrons. The van der Waals surface area contributed by atoms with E-state index in [4.69, 9.17) is 4.74 Å². The van der Waals surface area contributed by atoms with Gasteiger partial charge >= 0.3 is 5.97 Å². The number of rotatable bonds is 6. The molecule has 0 amide bonds. The average Bonchev–Trinajstić information content (AvgIpc) is 3.25. The number of aromatic nitrogens is 3. The fraction of sp³-hybridized carbons (Fsp3) is 0.250. The standard InChI is InChI=1S/C20H21N3O3S/c1-12-16(19(25)26-4)13(2)22-17(12)18(24)14(3)27-20-21-10-11-23(20)15-8-6-5-7-9-15/h5-11,14,22H,1-4H3/t14-/m1/s1. The molecule has 0 bridgehead atoms. The molecule has 3 aromatic rings. The van der Waals surface area contributed by atoms with Gasteiger partial charge in [0.25, 0.3) is 0 Å². The molecule has 1 aromatic carbocycles. The number of para-hydroxylation sites is 1. The van der Waals surface area contributed by atoms with Crippen molar-refractivity contribution >= 4 is 23.5 Å². The highest BCUT2D eigenvalue weighted by atomic mass is 32.2. The van der Waals surface area contributed by atoms with Crippen LogP contribution in [0.3, 0.4) is 0 Å². The highest BCUT2D eigenvalue weighted by Gasteiger charge is 2.26. The summed E-state index contributed by atoms with van der Waals surface area (Å²) in [5.74, 6) is -0.529. The minimum atomic E-state index is -0.444. The smallest absolute Gasteiger partial charge is 0.339 e. The number of esters is 1. The number of aromatic amines is 1. The van der Waals surface area contributed by atoms with Crippen LogP contribution < -0.4 is 0 Å². The zero-order chi connectivity index (χ0) is 19.6. The Morgan fingerprint density at radius 3 is 2.59 bits per heavy atom. The van der Waals surface area contributed by atoms with Crippen LogP contribution in [-0.4, -0.2) is 38.6 Å². The third-order valence-corrected chi connectivity index (χ3v) is 5.45. The molecule has 6 nitrogen and oxygen atoms in total. The van der Waals surface area contributed by atoms with E-state index >= 15 is 0 Å². The van der Waals surface area contributed by atoms with Gasteiger partial charge in [0.1, 0.15) is 0 Å². The lowest BCUT2D eigenvalue weighted by Crippen LogP contribution is -2.16. The van der Waals surface area contributed by atoms with Crippen molar-refractivity contribution in [2.75, 3.05) is 7.11 Å². The van der Waals surface area contributed by atoms with Crippen LogP contribution in [0.25, 0.3) is 5.69 Å². The van der Waals surface area contributed by atoms with Crippen LogP contribution in [0.15, 0.2) is 47.9 Å². The summed E-state index contributed by atoms with van der Waals surface area (Å²) in [4.78, 5) is 32.3. The van der Waals surface area contributed by atoms with Gasteiger partial charge in [0.2, 0.25) is 0 Å². The van der Waals surface area contributed by atoms with Gasteiger partial charge in [0, 0.05) is 23.8 Å². The molecule has 7 heteroatoms. The van der Waals surface area contributed by atoms with Crippen molar-refractivity contribution in [1.29, 1.82) is 0 Å². The van der Waals surface area contributed by atoms with Gasteiger partial charge in [0.05, 0.1) is 23.6 Å². The monoisotopic (exact) mass is 383 g/mol. The summed E-state index contributed by atoms with van der Waals surface area (Å²) in [6.07, 6.45) is 3.58. The van der Waals surface area contributed by atoms with Gasteiger partial charge in [0.15, 0.2) is 10.9 Å². The van der Waals surface area contributed by atoms with Gasteiger partial charge in [-0.05, 0) is 38.5 Å². The molecule has 2 heterocycles. The summed E-state index contributed by atoms with van der Waals surface area (Å²) in [6.45, 7) is 5.35. The predicted octanol–water partition coefficient (Wildman–Crippen LogP) is 3.97. The van der Waals surface area contributed by atoms with Crippen LogP contribution in [0.2, 0.25) is 0 Å². The number of carbonyl (C=O) groups excluding carboxylic acids is 2. The number of nitrogens with one attached hydrogen (secondary N) is 1. The van der Waals surface area contributed by atoms with Gasteiger partial charge in [-0.1, -0.05) is 30.0 Å². The highest BCUT2D eigenvalue weighted by Crippen LogP contribution is 2.28. The van der Waals surface area contributed by atoms with Crippen LogP contribution in [-0.2, 0) is 4.74 Å². The summed E-state index contributed by atoms with van der Waals surface area (Å²) in [7, 11) is 1.33. The fourth-order valence-corrected chi connectivity index (χ4v) is 3.92.